The number of allylic oxidation sites excluding steroid dienone is 2. The zero-order valence-electron chi connectivity index (χ0n) is 9.15. The highest BCUT2D eigenvalue weighted by molar-refractivity contribution is 5.93. The van der Waals surface area contributed by atoms with Gasteiger partial charge < -0.3 is 0 Å². The molecule has 2 rings (SSSR count). The predicted molar refractivity (Wildman–Crippen MR) is 58.0 cm³/mol. The SMILES string of the molecule is C=C1CC2(C)CC(=C)CC(C)(C1)C2=O. The Morgan fingerprint density at radius 3 is 1.50 bits per heavy atom. The molecule has 14 heavy (non-hydrogen) atoms. The molecule has 0 atom stereocenters. The third kappa shape index (κ3) is 1.18. The van der Waals surface area contributed by atoms with Gasteiger partial charge in [0.2, 0.25) is 0 Å². The summed E-state index contributed by atoms with van der Waals surface area (Å²) in [6.45, 7) is 12.3. The Labute approximate surface area is 85.9 Å². The van der Waals surface area contributed by atoms with Crippen LogP contribution in [0.5, 0.6) is 0 Å². The van der Waals surface area contributed by atoms with Gasteiger partial charge in [-0.25, -0.2) is 0 Å². The van der Waals surface area contributed by atoms with E-state index in [0.717, 1.165) is 25.7 Å². The molecule has 0 unspecified atom stereocenters. The maximum atomic E-state index is 12.3. The Morgan fingerprint density at radius 1 is 0.929 bits per heavy atom. The molecular weight excluding hydrogens is 172 g/mol. The predicted octanol–water partition coefficient (Wildman–Crippen LogP) is 3.27. The Kier molecular flexibility index (Phi) is 1.79. The fraction of sp³-hybridized carbons (Fsp3) is 0.615. The van der Waals surface area contributed by atoms with Gasteiger partial charge in [0.05, 0.1) is 0 Å². The van der Waals surface area contributed by atoms with Crippen molar-refractivity contribution in [2.45, 2.75) is 39.5 Å². The second-order valence-corrected chi connectivity index (χ2v) is 5.66. The lowest BCUT2D eigenvalue weighted by Crippen LogP contribution is -2.48. The van der Waals surface area contributed by atoms with Gasteiger partial charge in [0.25, 0.3) is 0 Å². The molecule has 0 aliphatic heterocycles. The summed E-state index contributed by atoms with van der Waals surface area (Å²) in [6, 6.07) is 0. The second-order valence-electron chi connectivity index (χ2n) is 5.66. The van der Waals surface area contributed by atoms with E-state index in [9.17, 15) is 4.79 Å². The van der Waals surface area contributed by atoms with Crippen LogP contribution in [0.15, 0.2) is 24.3 Å². The van der Waals surface area contributed by atoms with Crippen molar-refractivity contribution in [3.8, 4) is 0 Å². The molecule has 0 aromatic heterocycles. The molecule has 1 heteroatoms. The van der Waals surface area contributed by atoms with Gasteiger partial charge in [-0.05, 0) is 25.7 Å². The minimum atomic E-state index is -0.195. The van der Waals surface area contributed by atoms with Crippen molar-refractivity contribution < 1.29 is 4.79 Å². The summed E-state index contributed by atoms with van der Waals surface area (Å²) in [5.41, 5.74) is 2.09. The van der Waals surface area contributed by atoms with Crippen LogP contribution in [0.2, 0.25) is 0 Å². The molecule has 0 radical (unpaired) electrons. The molecule has 0 spiro atoms. The van der Waals surface area contributed by atoms with E-state index in [1.165, 1.54) is 11.1 Å². The molecule has 2 aliphatic rings. The Morgan fingerprint density at radius 2 is 1.21 bits per heavy atom. The Bertz CT molecular complexity index is 287. The Hall–Kier alpha value is -0.850. The van der Waals surface area contributed by atoms with Gasteiger partial charge in [-0.1, -0.05) is 38.2 Å². The largest absolute Gasteiger partial charge is 0.298 e. The number of carbonyl (C=O) groups excluding carboxylic acids is 1. The van der Waals surface area contributed by atoms with Crippen molar-refractivity contribution in [1.29, 1.82) is 0 Å². The van der Waals surface area contributed by atoms with Crippen molar-refractivity contribution in [2.24, 2.45) is 10.8 Å². The first-order valence-electron chi connectivity index (χ1n) is 5.24. The van der Waals surface area contributed by atoms with E-state index in [-0.39, 0.29) is 10.8 Å². The van der Waals surface area contributed by atoms with E-state index in [0.29, 0.717) is 5.78 Å². The van der Waals surface area contributed by atoms with Crippen LogP contribution >= 0.6 is 0 Å². The van der Waals surface area contributed by atoms with Crippen molar-refractivity contribution in [3.63, 3.8) is 0 Å². The van der Waals surface area contributed by atoms with Gasteiger partial charge in [0.1, 0.15) is 5.78 Å². The molecule has 1 nitrogen and oxygen atoms in total. The van der Waals surface area contributed by atoms with Crippen LogP contribution < -0.4 is 0 Å². The third-order valence-electron chi connectivity index (χ3n) is 3.66. The average molecular weight is 190 g/mol. The lowest BCUT2D eigenvalue weighted by atomic mass is 9.53. The normalized spacial score (nSPS) is 42.9. The van der Waals surface area contributed by atoms with Gasteiger partial charge in [0.15, 0.2) is 0 Å². The average Bonchev–Trinajstić information content (AvgIpc) is 1.95. The van der Waals surface area contributed by atoms with Crippen LogP contribution in [-0.2, 0) is 4.79 Å². The number of Topliss-reactive ketones (excluding diaryl/α,β-unsaturated/α-hetero) is 1. The summed E-state index contributed by atoms with van der Waals surface area (Å²) in [6.07, 6.45) is 3.45. The first-order chi connectivity index (χ1) is 6.36. The molecule has 2 bridgehead atoms. The van der Waals surface area contributed by atoms with Gasteiger partial charge in [-0.3, -0.25) is 4.79 Å². The van der Waals surface area contributed by atoms with Crippen LogP contribution in [0.25, 0.3) is 0 Å². The van der Waals surface area contributed by atoms with E-state index in [1.54, 1.807) is 0 Å². The smallest absolute Gasteiger partial charge is 0.145 e. The number of carbonyl (C=O) groups is 1. The molecule has 2 saturated carbocycles. The second kappa shape index (κ2) is 2.59. The summed E-state index contributed by atoms with van der Waals surface area (Å²) < 4.78 is 0. The van der Waals surface area contributed by atoms with Gasteiger partial charge in [-0.2, -0.15) is 0 Å². The summed E-state index contributed by atoms with van der Waals surface area (Å²) in [7, 11) is 0. The minimum absolute atomic E-state index is 0.195. The number of hydrogen-bond acceptors (Lipinski definition) is 1. The molecule has 76 valence electrons. The Balaban J connectivity index is 2.46. The van der Waals surface area contributed by atoms with Crippen LogP contribution in [0.1, 0.15) is 39.5 Å². The van der Waals surface area contributed by atoms with E-state index in [4.69, 9.17) is 0 Å². The van der Waals surface area contributed by atoms with Crippen molar-refractivity contribution in [2.75, 3.05) is 0 Å². The maximum absolute atomic E-state index is 12.3. The molecule has 0 aromatic rings. The topological polar surface area (TPSA) is 17.1 Å². The summed E-state index contributed by atoms with van der Waals surface area (Å²) >= 11 is 0. The molecule has 2 aliphatic carbocycles. The number of ketones is 1. The third-order valence-corrected chi connectivity index (χ3v) is 3.66. The van der Waals surface area contributed by atoms with E-state index < -0.39 is 0 Å². The minimum Gasteiger partial charge on any atom is -0.298 e. The number of hydrogen-bond donors (Lipinski definition) is 0. The lowest BCUT2D eigenvalue weighted by Gasteiger charge is -2.49. The molecular formula is C13H18O. The monoisotopic (exact) mass is 190 g/mol. The zero-order valence-corrected chi connectivity index (χ0v) is 9.15. The number of rotatable bonds is 0. The van der Waals surface area contributed by atoms with Crippen LogP contribution in [0, 0.1) is 10.8 Å². The summed E-state index contributed by atoms with van der Waals surface area (Å²) in [5, 5.41) is 0. The van der Waals surface area contributed by atoms with Crippen molar-refractivity contribution in [1.82, 2.24) is 0 Å². The fourth-order valence-corrected chi connectivity index (χ4v) is 3.51. The van der Waals surface area contributed by atoms with Crippen LogP contribution in [0.3, 0.4) is 0 Å². The molecule has 0 heterocycles. The lowest BCUT2D eigenvalue weighted by molar-refractivity contribution is -0.142. The van der Waals surface area contributed by atoms with Gasteiger partial charge >= 0.3 is 0 Å². The van der Waals surface area contributed by atoms with E-state index in [1.807, 2.05) is 0 Å². The molecule has 2 fully saturated rings. The highest BCUT2D eigenvalue weighted by Gasteiger charge is 2.52. The van der Waals surface area contributed by atoms with E-state index in [2.05, 4.69) is 27.0 Å². The molecule has 0 saturated heterocycles. The zero-order chi connectivity index (χ0) is 10.6. The summed E-state index contributed by atoms with van der Waals surface area (Å²) in [5.74, 6) is 0.435. The highest BCUT2D eigenvalue weighted by atomic mass is 16.1. The quantitative estimate of drug-likeness (QED) is 0.536. The first kappa shape index (κ1) is 9.70. The van der Waals surface area contributed by atoms with Gasteiger partial charge in [-0.15, -0.1) is 0 Å². The maximum Gasteiger partial charge on any atom is 0.145 e. The van der Waals surface area contributed by atoms with Crippen molar-refractivity contribution >= 4 is 5.78 Å². The fourth-order valence-electron chi connectivity index (χ4n) is 3.51. The van der Waals surface area contributed by atoms with Crippen LogP contribution in [-0.4, -0.2) is 5.78 Å². The molecule has 0 amide bonds. The first-order valence-corrected chi connectivity index (χ1v) is 5.24. The van der Waals surface area contributed by atoms with E-state index >= 15 is 0 Å². The van der Waals surface area contributed by atoms with Crippen molar-refractivity contribution in [3.05, 3.63) is 24.3 Å². The van der Waals surface area contributed by atoms with Gasteiger partial charge in [0, 0.05) is 10.8 Å². The molecule has 0 aromatic carbocycles. The highest BCUT2D eigenvalue weighted by Crippen LogP contribution is 2.55. The van der Waals surface area contributed by atoms with Crippen LogP contribution in [0.4, 0.5) is 0 Å². The number of fused-ring (bicyclic) bond motifs is 2. The molecule has 0 N–H and O–H groups in total. The standard InChI is InChI=1S/C13H18O/c1-9-5-12(3)7-10(2)8-13(4,6-9)11(12)14/h1-2,5-8H2,3-4H3. The summed E-state index contributed by atoms with van der Waals surface area (Å²) in [4.78, 5) is 12.3.